The first-order valence-corrected chi connectivity index (χ1v) is 5.65. The Morgan fingerprint density at radius 1 is 1.60 bits per heavy atom. The zero-order chi connectivity index (χ0) is 11.3. The Bertz CT molecular complexity index is 222. The summed E-state index contributed by atoms with van der Waals surface area (Å²) in [5.41, 5.74) is 0. The number of amides is 1. The van der Waals surface area contributed by atoms with Gasteiger partial charge in [0.05, 0.1) is 0 Å². The standard InChI is InChI=1S/C12H21NO2/c1-4-9-13(11-7-5-6-8-11)12(14)10(2)15-3/h4,10-11H,1,5-9H2,2-3H3. The minimum absolute atomic E-state index is 0.0873. The summed E-state index contributed by atoms with van der Waals surface area (Å²) in [6.07, 6.45) is 6.15. The molecule has 1 aliphatic carbocycles. The molecule has 3 nitrogen and oxygen atoms in total. The molecule has 0 aromatic rings. The van der Waals surface area contributed by atoms with E-state index in [-0.39, 0.29) is 12.0 Å². The summed E-state index contributed by atoms with van der Waals surface area (Å²) < 4.78 is 5.07. The van der Waals surface area contributed by atoms with Gasteiger partial charge in [-0.1, -0.05) is 18.9 Å². The second kappa shape index (κ2) is 5.91. The maximum absolute atomic E-state index is 12.0. The Morgan fingerprint density at radius 2 is 2.20 bits per heavy atom. The molecule has 86 valence electrons. The molecule has 3 heteroatoms. The zero-order valence-electron chi connectivity index (χ0n) is 9.74. The molecule has 1 saturated carbocycles. The summed E-state index contributed by atoms with van der Waals surface area (Å²) in [4.78, 5) is 13.9. The third-order valence-corrected chi connectivity index (χ3v) is 3.08. The summed E-state index contributed by atoms with van der Waals surface area (Å²) in [6.45, 7) is 6.14. The van der Waals surface area contributed by atoms with E-state index < -0.39 is 0 Å². The Labute approximate surface area is 92.1 Å². The van der Waals surface area contributed by atoms with E-state index in [1.807, 2.05) is 4.90 Å². The van der Waals surface area contributed by atoms with E-state index in [2.05, 4.69) is 6.58 Å². The van der Waals surface area contributed by atoms with Gasteiger partial charge in [-0.15, -0.1) is 6.58 Å². The molecule has 0 N–H and O–H groups in total. The van der Waals surface area contributed by atoms with Gasteiger partial charge in [0, 0.05) is 19.7 Å². The molecule has 1 amide bonds. The number of carbonyl (C=O) groups excluding carboxylic acids is 1. The van der Waals surface area contributed by atoms with Crippen LogP contribution in [0.4, 0.5) is 0 Å². The molecule has 0 radical (unpaired) electrons. The molecule has 0 bridgehead atoms. The number of nitrogens with zero attached hydrogens (tertiary/aromatic N) is 1. The fourth-order valence-corrected chi connectivity index (χ4v) is 2.11. The number of ether oxygens (including phenoxy) is 1. The highest BCUT2D eigenvalue weighted by molar-refractivity contribution is 5.81. The largest absolute Gasteiger partial charge is 0.372 e. The van der Waals surface area contributed by atoms with E-state index in [0.717, 1.165) is 12.8 Å². The van der Waals surface area contributed by atoms with E-state index >= 15 is 0 Å². The first-order valence-electron chi connectivity index (χ1n) is 5.65. The van der Waals surface area contributed by atoms with Crippen molar-refractivity contribution < 1.29 is 9.53 Å². The minimum Gasteiger partial charge on any atom is -0.372 e. The van der Waals surface area contributed by atoms with Crippen molar-refractivity contribution in [3.05, 3.63) is 12.7 Å². The molecule has 1 rings (SSSR count). The Hall–Kier alpha value is -0.830. The van der Waals surface area contributed by atoms with Crippen LogP contribution in [0.5, 0.6) is 0 Å². The Balaban J connectivity index is 2.62. The highest BCUT2D eigenvalue weighted by Crippen LogP contribution is 2.24. The lowest BCUT2D eigenvalue weighted by atomic mass is 10.2. The second-order valence-corrected chi connectivity index (χ2v) is 4.10. The highest BCUT2D eigenvalue weighted by Gasteiger charge is 2.28. The highest BCUT2D eigenvalue weighted by atomic mass is 16.5. The third-order valence-electron chi connectivity index (χ3n) is 3.08. The van der Waals surface area contributed by atoms with Gasteiger partial charge in [0.1, 0.15) is 6.10 Å². The Morgan fingerprint density at radius 3 is 2.67 bits per heavy atom. The van der Waals surface area contributed by atoms with E-state index in [0.29, 0.717) is 12.6 Å². The molecule has 0 spiro atoms. The second-order valence-electron chi connectivity index (χ2n) is 4.10. The van der Waals surface area contributed by atoms with Gasteiger partial charge in [0.15, 0.2) is 0 Å². The van der Waals surface area contributed by atoms with Crippen LogP contribution in [-0.2, 0) is 9.53 Å². The summed E-state index contributed by atoms with van der Waals surface area (Å²) >= 11 is 0. The molecule has 0 saturated heterocycles. The third kappa shape index (κ3) is 3.06. The molecule has 1 aliphatic rings. The normalized spacial score (nSPS) is 18.8. The molecular formula is C12H21NO2. The number of carbonyl (C=O) groups is 1. The minimum atomic E-state index is -0.342. The van der Waals surface area contributed by atoms with Crippen LogP contribution in [0.25, 0.3) is 0 Å². The average molecular weight is 211 g/mol. The van der Waals surface area contributed by atoms with Gasteiger partial charge < -0.3 is 9.64 Å². The average Bonchev–Trinajstić information content (AvgIpc) is 2.77. The smallest absolute Gasteiger partial charge is 0.251 e. The van der Waals surface area contributed by atoms with Crippen molar-refractivity contribution in [2.75, 3.05) is 13.7 Å². The first-order chi connectivity index (χ1) is 7.20. The molecule has 0 aromatic carbocycles. The van der Waals surface area contributed by atoms with Crippen LogP contribution < -0.4 is 0 Å². The number of hydrogen-bond donors (Lipinski definition) is 0. The van der Waals surface area contributed by atoms with Crippen molar-refractivity contribution in [1.82, 2.24) is 4.90 Å². The van der Waals surface area contributed by atoms with Crippen LogP contribution in [0.1, 0.15) is 32.6 Å². The fourth-order valence-electron chi connectivity index (χ4n) is 2.11. The maximum atomic E-state index is 12.0. The molecule has 0 aromatic heterocycles. The van der Waals surface area contributed by atoms with E-state index in [4.69, 9.17) is 4.74 Å². The summed E-state index contributed by atoms with van der Waals surface area (Å²) in [6, 6.07) is 0.396. The molecule has 0 heterocycles. The molecule has 0 aliphatic heterocycles. The lowest BCUT2D eigenvalue weighted by Crippen LogP contribution is -2.44. The van der Waals surface area contributed by atoms with E-state index in [9.17, 15) is 4.79 Å². The maximum Gasteiger partial charge on any atom is 0.251 e. The lowest BCUT2D eigenvalue weighted by Gasteiger charge is -2.29. The van der Waals surface area contributed by atoms with Gasteiger partial charge in [0.2, 0.25) is 0 Å². The summed E-state index contributed by atoms with van der Waals surface area (Å²) in [5, 5.41) is 0. The van der Waals surface area contributed by atoms with Gasteiger partial charge in [-0.05, 0) is 19.8 Å². The lowest BCUT2D eigenvalue weighted by molar-refractivity contribution is -0.142. The number of rotatable bonds is 5. The first kappa shape index (κ1) is 12.2. The SMILES string of the molecule is C=CCN(C(=O)C(C)OC)C1CCCC1. The predicted molar refractivity (Wildman–Crippen MR) is 60.6 cm³/mol. The van der Waals surface area contributed by atoms with Gasteiger partial charge in [0.25, 0.3) is 5.91 Å². The van der Waals surface area contributed by atoms with Crippen molar-refractivity contribution in [3.63, 3.8) is 0 Å². The van der Waals surface area contributed by atoms with Crippen molar-refractivity contribution in [2.45, 2.75) is 44.8 Å². The van der Waals surface area contributed by atoms with Crippen LogP contribution in [0.15, 0.2) is 12.7 Å². The number of hydrogen-bond acceptors (Lipinski definition) is 2. The fraction of sp³-hybridized carbons (Fsp3) is 0.750. The van der Waals surface area contributed by atoms with Crippen LogP contribution in [0.2, 0.25) is 0 Å². The quantitative estimate of drug-likeness (QED) is 0.651. The Kier molecular flexibility index (Phi) is 4.82. The molecule has 1 unspecified atom stereocenters. The van der Waals surface area contributed by atoms with Gasteiger partial charge in [-0.3, -0.25) is 4.79 Å². The van der Waals surface area contributed by atoms with E-state index in [1.165, 1.54) is 12.8 Å². The van der Waals surface area contributed by atoms with Crippen molar-refractivity contribution >= 4 is 5.91 Å². The van der Waals surface area contributed by atoms with Crippen LogP contribution in [0, 0.1) is 0 Å². The van der Waals surface area contributed by atoms with Crippen molar-refractivity contribution in [3.8, 4) is 0 Å². The van der Waals surface area contributed by atoms with Crippen LogP contribution in [-0.4, -0.2) is 36.6 Å². The van der Waals surface area contributed by atoms with Gasteiger partial charge in [-0.25, -0.2) is 0 Å². The van der Waals surface area contributed by atoms with Crippen molar-refractivity contribution in [1.29, 1.82) is 0 Å². The van der Waals surface area contributed by atoms with Crippen LogP contribution >= 0.6 is 0 Å². The topological polar surface area (TPSA) is 29.5 Å². The molecular weight excluding hydrogens is 190 g/mol. The summed E-state index contributed by atoms with van der Waals surface area (Å²) in [5.74, 6) is 0.0873. The van der Waals surface area contributed by atoms with Crippen LogP contribution in [0.3, 0.4) is 0 Å². The number of methoxy groups -OCH3 is 1. The molecule has 1 fully saturated rings. The monoisotopic (exact) mass is 211 g/mol. The van der Waals surface area contributed by atoms with E-state index in [1.54, 1.807) is 20.1 Å². The molecule has 1 atom stereocenters. The predicted octanol–water partition coefficient (Wildman–Crippen LogP) is 1.98. The van der Waals surface area contributed by atoms with Crippen molar-refractivity contribution in [2.24, 2.45) is 0 Å². The van der Waals surface area contributed by atoms with Gasteiger partial charge in [-0.2, -0.15) is 0 Å². The van der Waals surface area contributed by atoms with Gasteiger partial charge >= 0.3 is 0 Å². The molecule has 15 heavy (non-hydrogen) atoms. The zero-order valence-corrected chi connectivity index (χ0v) is 9.74. The summed E-state index contributed by atoms with van der Waals surface area (Å²) in [7, 11) is 1.57.